The van der Waals surface area contributed by atoms with E-state index < -0.39 is 6.04 Å². The zero-order valence-corrected chi connectivity index (χ0v) is 20.9. The maximum atomic E-state index is 13.8. The Morgan fingerprint density at radius 3 is 2.03 bits per heavy atom. The van der Waals surface area contributed by atoms with E-state index in [0.29, 0.717) is 30.1 Å². The molecule has 5 rings (SSSR count). The van der Waals surface area contributed by atoms with Crippen LogP contribution in [0.1, 0.15) is 35.9 Å². The molecule has 0 fully saturated rings. The van der Waals surface area contributed by atoms with Crippen LogP contribution in [0.4, 0.5) is 11.4 Å². The molecule has 0 saturated carbocycles. The third kappa shape index (κ3) is 4.21. The van der Waals surface area contributed by atoms with Gasteiger partial charge < -0.3 is 29.6 Å². The lowest BCUT2D eigenvalue weighted by molar-refractivity contribution is -0.116. The maximum absolute atomic E-state index is 13.8. The number of benzene rings is 3. The summed E-state index contributed by atoms with van der Waals surface area (Å²) in [6.45, 7) is 0. The summed E-state index contributed by atoms with van der Waals surface area (Å²) in [6.07, 6.45) is 1.14. The second-order valence-electron chi connectivity index (χ2n) is 8.90. The van der Waals surface area contributed by atoms with Crippen LogP contribution in [0.15, 0.2) is 71.9 Å². The minimum atomic E-state index is -0.394. The number of carbonyl (C=O) groups excluding carboxylic acids is 1. The Morgan fingerprint density at radius 1 is 0.750 bits per heavy atom. The number of ketones is 1. The molecular formula is C29H30N2O5. The number of hydrogen-bond acceptors (Lipinski definition) is 7. The highest BCUT2D eigenvalue weighted by Gasteiger charge is 2.36. The highest BCUT2D eigenvalue weighted by atomic mass is 16.5. The van der Waals surface area contributed by atoms with Crippen LogP contribution in [0.5, 0.6) is 23.0 Å². The third-order valence-corrected chi connectivity index (χ3v) is 6.92. The van der Waals surface area contributed by atoms with Crippen molar-refractivity contribution in [3.05, 3.63) is 83.1 Å². The second kappa shape index (κ2) is 9.85. The van der Waals surface area contributed by atoms with Gasteiger partial charge in [0.25, 0.3) is 0 Å². The molecule has 1 aliphatic heterocycles. The van der Waals surface area contributed by atoms with Crippen molar-refractivity contribution >= 4 is 17.2 Å². The molecule has 7 nitrogen and oxygen atoms in total. The van der Waals surface area contributed by atoms with Crippen molar-refractivity contribution in [3.63, 3.8) is 0 Å². The van der Waals surface area contributed by atoms with Gasteiger partial charge in [0, 0.05) is 17.7 Å². The first kappa shape index (κ1) is 23.6. The van der Waals surface area contributed by atoms with Crippen LogP contribution in [0.3, 0.4) is 0 Å². The van der Waals surface area contributed by atoms with Gasteiger partial charge in [0.2, 0.25) is 5.75 Å². The molecule has 0 saturated heterocycles. The maximum Gasteiger partial charge on any atom is 0.203 e. The van der Waals surface area contributed by atoms with Gasteiger partial charge in [-0.05, 0) is 59.9 Å². The molecule has 186 valence electrons. The number of nitrogens with one attached hydrogen (secondary N) is 2. The van der Waals surface area contributed by atoms with E-state index in [2.05, 4.69) is 10.6 Å². The molecular weight excluding hydrogens is 456 g/mol. The zero-order chi connectivity index (χ0) is 25.2. The first-order chi connectivity index (χ1) is 17.6. The lowest BCUT2D eigenvalue weighted by atomic mass is 9.78. The second-order valence-corrected chi connectivity index (χ2v) is 8.90. The first-order valence-electron chi connectivity index (χ1n) is 11.9. The van der Waals surface area contributed by atoms with E-state index in [0.717, 1.165) is 39.5 Å². The highest BCUT2D eigenvalue weighted by molar-refractivity contribution is 6.01. The molecule has 3 aromatic carbocycles. The van der Waals surface area contributed by atoms with E-state index in [-0.39, 0.29) is 11.7 Å². The zero-order valence-electron chi connectivity index (χ0n) is 20.9. The Bertz CT molecular complexity index is 1290. The third-order valence-electron chi connectivity index (χ3n) is 6.92. The first-order valence-corrected chi connectivity index (χ1v) is 11.9. The highest BCUT2D eigenvalue weighted by Crippen LogP contribution is 2.47. The van der Waals surface area contributed by atoms with Crippen molar-refractivity contribution in [1.82, 2.24) is 0 Å². The molecule has 1 heterocycles. The van der Waals surface area contributed by atoms with Crippen LogP contribution < -0.4 is 29.6 Å². The number of rotatable bonds is 6. The van der Waals surface area contributed by atoms with Crippen LogP contribution in [0.25, 0.3) is 0 Å². The number of anilines is 2. The topological polar surface area (TPSA) is 78.1 Å². The van der Waals surface area contributed by atoms with Gasteiger partial charge in [-0.3, -0.25) is 4.79 Å². The van der Waals surface area contributed by atoms with Crippen molar-refractivity contribution in [2.45, 2.75) is 24.8 Å². The lowest BCUT2D eigenvalue weighted by Gasteiger charge is -2.30. The number of methoxy groups -OCH3 is 4. The van der Waals surface area contributed by atoms with Gasteiger partial charge in [-0.1, -0.05) is 24.3 Å². The van der Waals surface area contributed by atoms with E-state index in [1.165, 1.54) is 0 Å². The van der Waals surface area contributed by atoms with E-state index in [9.17, 15) is 4.79 Å². The van der Waals surface area contributed by atoms with Crippen LogP contribution in [0.2, 0.25) is 0 Å². The summed E-state index contributed by atoms with van der Waals surface area (Å²) in [7, 11) is 6.41. The fraction of sp³-hybridized carbons (Fsp3) is 0.276. The summed E-state index contributed by atoms with van der Waals surface area (Å²) in [5, 5.41) is 7.18. The number of allylic oxidation sites excluding steroid dienone is 1. The van der Waals surface area contributed by atoms with Crippen molar-refractivity contribution in [2.75, 3.05) is 39.1 Å². The molecule has 3 aromatic rings. The predicted octanol–water partition coefficient (Wildman–Crippen LogP) is 5.70. The van der Waals surface area contributed by atoms with Gasteiger partial charge in [-0.15, -0.1) is 0 Å². The van der Waals surface area contributed by atoms with E-state index in [1.54, 1.807) is 28.4 Å². The van der Waals surface area contributed by atoms with Crippen molar-refractivity contribution in [1.29, 1.82) is 0 Å². The minimum absolute atomic E-state index is 0.0699. The van der Waals surface area contributed by atoms with E-state index in [1.807, 2.05) is 60.7 Å². The van der Waals surface area contributed by atoms with Crippen molar-refractivity contribution in [3.8, 4) is 23.0 Å². The van der Waals surface area contributed by atoms with Gasteiger partial charge in [0.1, 0.15) is 5.75 Å². The van der Waals surface area contributed by atoms with Gasteiger partial charge in [0.15, 0.2) is 17.3 Å². The summed E-state index contributed by atoms with van der Waals surface area (Å²) in [6, 6.07) is 19.4. The largest absolute Gasteiger partial charge is 0.497 e. The monoisotopic (exact) mass is 486 g/mol. The standard InChI is InChI=1S/C29H30N2O5/c1-33-20-11-9-17(10-12-20)18-13-23-27(24(32)14-18)28(31-22-8-6-5-7-21(22)30-23)19-15-25(34-2)29(36-4)26(16-19)35-3/h5-12,15-16,18,28,30-31H,13-14H2,1-4H3. The van der Waals surface area contributed by atoms with Gasteiger partial charge >= 0.3 is 0 Å². The average molecular weight is 487 g/mol. The van der Waals surface area contributed by atoms with Crippen LogP contribution in [0, 0.1) is 0 Å². The number of carbonyl (C=O) groups is 1. The molecule has 2 atom stereocenters. The minimum Gasteiger partial charge on any atom is -0.497 e. The summed E-state index contributed by atoms with van der Waals surface area (Å²) < 4.78 is 22.0. The van der Waals surface area contributed by atoms with Crippen LogP contribution in [-0.2, 0) is 4.79 Å². The summed E-state index contributed by atoms with van der Waals surface area (Å²) >= 11 is 0. The summed E-state index contributed by atoms with van der Waals surface area (Å²) in [4.78, 5) is 13.8. The predicted molar refractivity (Wildman–Crippen MR) is 140 cm³/mol. The fourth-order valence-corrected chi connectivity index (χ4v) is 5.12. The number of para-hydroxylation sites is 2. The molecule has 7 heteroatoms. The smallest absolute Gasteiger partial charge is 0.203 e. The van der Waals surface area contributed by atoms with Crippen LogP contribution in [-0.4, -0.2) is 34.2 Å². The molecule has 0 aromatic heterocycles. The Balaban J connectivity index is 1.62. The number of hydrogen-bond donors (Lipinski definition) is 2. The number of ether oxygens (including phenoxy) is 4. The lowest BCUT2D eigenvalue weighted by Crippen LogP contribution is -2.27. The van der Waals surface area contributed by atoms with Gasteiger partial charge in [-0.25, -0.2) is 0 Å². The summed E-state index contributed by atoms with van der Waals surface area (Å²) in [5.41, 5.74) is 5.47. The molecule has 2 aliphatic rings. The average Bonchev–Trinajstić information content (AvgIpc) is 3.09. The SMILES string of the molecule is COc1ccc(C2CC(=O)C3=C(C2)Nc2ccccc2NC3c2cc(OC)c(OC)c(OC)c2)cc1. The van der Waals surface area contributed by atoms with Crippen molar-refractivity contribution in [2.24, 2.45) is 0 Å². The van der Waals surface area contributed by atoms with Gasteiger partial charge in [-0.2, -0.15) is 0 Å². The Kier molecular flexibility index (Phi) is 6.46. The molecule has 2 unspecified atom stereocenters. The molecule has 0 amide bonds. The Morgan fingerprint density at radius 2 is 1.42 bits per heavy atom. The fourth-order valence-electron chi connectivity index (χ4n) is 5.12. The number of Topliss-reactive ketones (excluding diaryl/α,β-unsaturated/α-hetero) is 1. The molecule has 36 heavy (non-hydrogen) atoms. The van der Waals surface area contributed by atoms with Gasteiger partial charge in [0.05, 0.1) is 45.9 Å². The molecule has 0 spiro atoms. The Labute approximate surface area is 211 Å². The Hall–Kier alpha value is -4.13. The van der Waals surface area contributed by atoms with Crippen LogP contribution >= 0.6 is 0 Å². The molecule has 2 N–H and O–H groups in total. The summed E-state index contributed by atoms with van der Waals surface area (Å²) in [5.74, 6) is 2.57. The molecule has 0 radical (unpaired) electrons. The van der Waals surface area contributed by atoms with Crippen molar-refractivity contribution < 1.29 is 23.7 Å². The normalized spacial score (nSPS) is 18.7. The number of fused-ring (bicyclic) bond motifs is 1. The quantitative estimate of drug-likeness (QED) is 0.463. The molecule has 1 aliphatic carbocycles. The molecule has 0 bridgehead atoms. The van der Waals surface area contributed by atoms with E-state index in [4.69, 9.17) is 18.9 Å². The van der Waals surface area contributed by atoms with E-state index >= 15 is 0 Å².